The molecule has 3 aromatic rings. The van der Waals surface area contributed by atoms with Gasteiger partial charge in [0.2, 0.25) is 0 Å². The molecule has 0 aliphatic carbocycles. The first-order valence-corrected chi connectivity index (χ1v) is 7.86. The number of ketones is 1. The average Bonchev–Trinajstić information content (AvgIpc) is 2.81. The van der Waals surface area contributed by atoms with Crippen LogP contribution in [0.5, 0.6) is 0 Å². The van der Waals surface area contributed by atoms with E-state index in [1.165, 1.54) is 0 Å². The highest BCUT2D eigenvalue weighted by molar-refractivity contribution is 9.10. The van der Waals surface area contributed by atoms with E-state index in [0.717, 1.165) is 4.47 Å². The monoisotopic (exact) mass is 401 g/mol. The number of H-pyrrole nitrogens is 1. The molecule has 0 radical (unpaired) electrons. The standard InChI is InChI=1S/C15H7BrCl3NO/c16-7-1-2-9(11(18)3-7)15(21)10-6-20-13-5-8(17)4-12(19)14(10)13/h1-6,20H. The van der Waals surface area contributed by atoms with Crippen LogP contribution in [0.25, 0.3) is 10.9 Å². The number of fused-ring (bicyclic) bond motifs is 1. The zero-order chi connectivity index (χ0) is 15.1. The predicted molar refractivity (Wildman–Crippen MR) is 90.9 cm³/mol. The normalized spacial score (nSPS) is 11.0. The van der Waals surface area contributed by atoms with E-state index in [9.17, 15) is 4.79 Å². The minimum Gasteiger partial charge on any atom is -0.360 e. The lowest BCUT2D eigenvalue weighted by molar-refractivity contribution is 0.104. The maximum Gasteiger partial charge on any atom is 0.196 e. The SMILES string of the molecule is O=C(c1ccc(Br)cc1Cl)c1c[nH]c2cc(Cl)cc(Cl)c12. The fraction of sp³-hybridized carbons (Fsp3) is 0. The summed E-state index contributed by atoms with van der Waals surface area (Å²) in [6.45, 7) is 0. The number of benzene rings is 2. The molecule has 0 fully saturated rings. The summed E-state index contributed by atoms with van der Waals surface area (Å²) in [6, 6.07) is 8.47. The summed E-state index contributed by atoms with van der Waals surface area (Å²) in [6.07, 6.45) is 1.62. The topological polar surface area (TPSA) is 32.9 Å². The maximum atomic E-state index is 12.7. The van der Waals surface area contributed by atoms with Crippen molar-refractivity contribution in [2.45, 2.75) is 0 Å². The Morgan fingerprint density at radius 1 is 1.00 bits per heavy atom. The Balaban J connectivity index is 2.18. The van der Waals surface area contributed by atoms with Crippen molar-refractivity contribution >= 4 is 67.4 Å². The summed E-state index contributed by atoms with van der Waals surface area (Å²) >= 11 is 21.6. The fourth-order valence-electron chi connectivity index (χ4n) is 2.18. The molecule has 0 saturated heterocycles. The smallest absolute Gasteiger partial charge is 0.196 e. The van der Waals surface area contributed by atoms with Gasteiger partial charge in [0.05, 0.1) is 10.0 Å². The fourth-order valence-corrected chi connectivity index (χ4v) is 3.54. The third-order valence-corrected chi connectivity index (χ3v) is 4.44. The molecule has 0 saturated carbocycles. The molecule has 1 aromatic heterocycles. The van der Waals surface area contributed by atoms with Gasteiger partial charge in [0, 0.05) is 37.7 Å². The lowest BCUT2D eigenvalue weighted by atomic mass is 10.0. The van der Waals surface area contributed by atoms with E-state index >= 15 is 0 Å². The van der Waals surface area contributed by atoms with Gasteiger partial charge >= 0.3 is 0 Å². The first-order valence-electron chi connectivity index (χ1n) is 5.93. The van der Waals surface area contributed by atoms with Crippen molar-refractivity contribution in [2.75, 3.05) is 0 Å². The molecule has 0 aliphatic heterocycles. The van der Waals surface area contributed by atoms with Gasteiger partial charge in [0.25, 0.3) is 0 Å². The maximum absolute atomic E-state index is 12.7. The molecule has 106 valence electrons. The van der Waals surface area contributed by atoms with Crippen molar-refractivity contribution in [2.24, 2.45) is 0 Å². The number of aromatic amines is 1. The minimum absolute atomic E-state index is 0.192. The van der Waals surface area contributed by atoms with E-state index < -0.39 is 0 Å². The van der Waals surface area contributed by atoms with Gasteiger partial charge < -0.3 is 4.98 Å². The van der Waals surface area contributed by atoms with Gasteiger partial charge in [-0.1, -0.05) is 50.7 Å². The zero-order valence-corrected chi connectivity index (χ0v) is 14.2. The summed E-state index contributed by atoms with van der Waals surface area (Å²) in [4.78, 5) is 15.7. The van der Waals surface area contributed by atoms with Crippen LogP contribution in [-0.2, 0) is 0 Å². The van der Waals surface area contributed by atoms with Crippen molar-refractivity contribution in [3.8, 4) is 0 Å². The Bertz CT molecular complexity index is 873. The highest BCUT2D eigenvalue weighted by Crippen LogP contribution is 2.33. The molecule has 3 rings (SSSR count). The van der Waals surface area contributed by atoms with Crippen molar-refractivity contribution < 1.29 is 4.79 Å². The zero-order valence-electron chi connectivity index (χ0n) is 10.4. The first kappa shape index (κ1) is 14.9. The largest absolute Gasteiger partial charge is 0.360 e. The lowest BCUT2D eigenvalue weighted by Crippen LogP contribution is -2.01. The van der Waals surface area contributed by atoms with Crippen LogP contribution in [0.1, 0.15) is 15.9 Å². The van der Waals surface area contributed by atoms with Crippen LogP contribution in [0, 0.1) is 0 Å². The molecule has 0 amide bonds. The second-order valence-electron chi connectivity index (χ2n) is 4.47. The van der Waals surface area contributed by atoms with Gasteiger partial charge in [-0.3, -0.25) is 4.79 Å². The number of carbonyl (C=O) groups is 1. The average molecular weight is 403 g/mol. The molecular formula is C15H7BrCl3NO. The van der Waals surface area contributed by atoms with Crippen molar-refractivity contribution in [3.63, 3.8) is 0 Å². The van der Waals surface area contributed by atoms with Gasteiger partial charge in [-0.25, -0.2) is 0 Å². The third kappa shape index (κ3) is 2.71. The number of hydrogen-bond acceptors (Lipinski definition) is 1. The molecule has 2 nitrogen and oxygen atoms in total. The number of halogens is 4. The van der Waals surface area contributed by atoms with Crippen molar-refractivity contribution in [1.29, 1.82) is 0 Å². The molecule has 21 heavy (non-hydrogen) atoms. The summed E-state index contributed by atoms with van der Waals surface area (Å²) in [5, 5.41) is 1.96. The molecule has 0 aliphatic rings. The first-order chi connectivity index (χ1) is 9.97. The van der Waals surface area contributed by atoms with Crippen LogP contribution in [0.15, 0.2) is 41.0 Å². The number of nitrogens with one attached hydrogen (secondary N) is 1. The van der Waals surface area contributed by atoms with Crippen LogP contribution >= 0.6 is 50.7 Å². The predicted octanol–water partition coefficient (Wildman–Crippen LogP) is 6.12. The highest BCUT2D eigenvalue weighted by atomic mass is 79.9. The van der Waals surface area contributed by atoms with Crippen LogP contribution in [0.3, 0.4) is 0 Å². The summed E-state index contributed by atoms with van der Waals surface area (Å²) in [5.74, 6) is -0.192. The number of carbonyl (C=O) groups excluding carboxylic acids is 1. The molecule has 6 heteroatoms. The second-order valence-corrected chi connectivity index (χ2v) is 6.63. The van der Waals surface area contributed by atoms with Gasteiger partial charge in [-0.15, -0.1) is 0 Å². The highest BCUT2D eigenvalue weighted by Gasteiger charge is 2.19. The Morgan fingerprint density at radius 2 is 1.76 bits per heavy atom. The van der Waals surface area contributed by atoms with Gasteiger partial charge in [-0.2, -0.15) is 0 Å². The van der Waals surface area contributed by atoms with Gasteiger partial charge in [0.15, 0.2) is 5.78 Å². The Morgan fingerprint density at radius 3 is 2.48 bits per heavy atom. The molecule has 0 bridgehead atoms. The molecule has 0 spiro atoms. The Hall–Kier alpha value is -1.000. The van der Waals surface area contributed by atoms with Gasteiger partial charge in [0.1, 0.15) is 0 Å². The van der Waals surface area contributed by atoms with E-state index in [0.29, 0.717) is 37.1 Å². The molecular weight excluding hydrogens is 396 g/mol. The number of hydrogen-bond donors (Lipinski definition) is 1. The second kappa shape index (κ2) is 5.65. The third-order valence-electron chi connectivity index (χ3n) is 3.12. The van der Waals surface area contributed by atoms with Crippen LogP contribution in [-0.4, -0.2) is 10.8 Å². The summed E-state index contributed by atoms with van der Waals surface area (Å²) in [7, 11) is 0. The Kier molecular flexibility index (Phi) is 4.02. The van der Waals surface area contributed by atoms with E-state index in [2.05, 4.69) is 20.9 Å². The molecule has 0 unspecified atom stereocenters. The quantitative estimate of drug-likeness (QED) is 0.514. The minimum atomic E-state index is -0.192. The molecule has 0 atom stereocenters. The Labute approximate surface area is 144 Å². The van der Waals surface area contributed by atoms with Crippen LogP contribution in [0.4, 0.5) is 0 Å². The molecule has 1 heterocycles. The molecule has 2 aromatic carbocycles. The summed E-state index contributed by atoms with van der Waals surface area (Å²) in [5.41, 5.74) is 1.60. The van der Waals surface area contributed by atoms with Crippen LogP contribution < -0.4 is 0 Å². The van der Waals surface area contributed by atoms with E-state index in [1.54, 1.807) is 36.5 Å². The van der Waals surface area contributed by atoms with Crippen molar-refractivity contribution in [1.82, 2.24) is 4.98 Å². The molecule has 1 N–H and O–H groups in total. The van der Waals surface area contributed by atoms with E-state index in [-0.39, 0.29) is 5.78 Å². The van der Waals surface area contributed by atoms with E-state index in [4.69, 9.17) is 34.8 Å². The lowest BCUT2D eigenvalue weighted by Gasteiger charge is -2.04. The van der Waals surface area contributed by atoms with Gasteiger partial charge in [-0.05, 0) is 30.3 Å². The number of rotatable bonds is 2. The summed E-state index contributed by atoms with van der Waals surface area (Å²) < 4.78 is 0.813. The van der Waals surface area contributed by atoms with Crippen molar-refractivity contribution in [3.05, 3.63) is 67.2 Å². The number of aromatic nitrogens is 1. The van der Waals surface area contributed by atoms with E-state index in [1.807, 2.05) is 0 Å². The van der Waals surface area contributed by atoms with Crippen LogP contribution in [0.2, 0.25) is 15.1 Å².